The zero-order valence-electron chi connectivity index (χ0n) is 14.5. The molecule has 1 aliphatic heterocycles. The van der Waals surface area contributed by atoms with E-state index in [0.717, 1.165) is 26.3 Å². The topological polar surface area (TPSA) is 76.8 Å². The van der Waals surface area contributed by atoms with Crippen molar-refractivity contribution in [3.63, 3.8) is 0 Å². The van der Waals surface area contributed by atoms with E-state index in [2.05, 4.69) is 24.1 Å². The van der Waals surface area contributed by atoms with Gasteiger partial charge in [0.25, 0.3) is 5.91 Å². The second-order valence-corrected chi connectivity index (χ2v) is 6.65. The van der Waals surface area contributed by atoms with E-state index in [9.17, 15) is 4.79 Å². The van der Waals surface area contributed by atoms with Gasteiger partial charge in [-0.05, 0) is 12.0 Å². The van der Waals surface area contributed by atoms with Gasteiger partial charge in [0, 0.05) is 31.7 Å². The van der Waals surface area contributed by atoms with Crippen molar-refractivity contribution in [2.45, 2.75) is 19.9 Å². The molecule has 3 N–H and O–H groups in total. The lowest BCUT2D eigenvalue weighted by Crippen LogP contribution is -2.51. The van der Waals surface area contributed by atoms with Gasteiger partial charge in [-0.2, -0.15) is 0 Å². The van der Waals surface area contributed by atoms with Crippen molar-refractivity contribution in [1.29, 1.82) is 0 Å². The number of rotatable bonds is 6. The summed E-state index contributed by atoms with van der Waals surface area (Å²) in [4.78, 5) is 14.9. The highest BCUT2D eigenvalue weighted by atomic mass is 35.5. The summed E-state index contributed by atoms with van der Waals surface area (Å²) in [7, 11) is 1.50. The normalized spacial score (nSPS) is 16.9. The fourth-order valence-electron chi connectivity index (χ4n) is 2.90. The first-order valence-corrected chi connectivity index (χ1v) is 8.54. The van der Waals surface area contributed by atoms with Crippen molar-refractivity contribution in [2.24, 2.45) is 5.92 Å². The molecule has 24 heavy (non-hydrogen) atoms. The van der Waals surface area contributed by atoms with E-state index in [0.29, 0.717) is 34.5 Å². The third-order valence-corrected chi connectivity index (χ3v) is 4.65. The molecule has 0 bridgehead atoms. The summed E-state index contributed by atoms with van der Waals surface area (Å²) in [6.07, 6.45) is 0. The van der Waals surface area contributed by atoms with Gasteiger partial charge in [0.2, 0.25) is 0 Å². The quantitative estimate of drug-likeness (QED) is 0.763. The maximum atomic E-state index is 12.6. The number of nitrogens with two attached hydrogens (primary N) is 1. The number of nitrogens with one attached hydrogen (secondary N) is 1. The number of carbonyl (C=O) groups excluding carboxylic acids is 1. The average Bonchev–Trinajstić information content (AvgIpc) is 2.57. The molecule has 1 aliphatic rings. The van der Waals surface area contributed by atoms with Crippen molar-refractivity contribution in [3.05, 3.63) is 22.7 Å². The van der Waals surface area contributed by atoms with E-state index >= 15 is 0 Å². The number of morpholine rings is 1. The molecule has 1 unspecified atom stereocenters. The first-order valence-electron chi connectivity index (χ1n) is 8.17. The smallest absolute Gasteiger partial charge is 0.255 e. The Bertz CT molecular complexity index is 574. The van der Waals surface area contributed by atoms with E-state index in [1.54, 1.807) is 12.1 Å². The molecule has 2 rings (SSSR count). The summed E-state index contributed by atoms with van der Waals surface area (Å²) in [5.41, 5.74) is 6.54. The van der Waals surface area contributed by atoms with Gasteiger partial charge < -0.3 is 20.5 Å². The number of benzene rings is 1. The lowest BCUT2D eigenvalue weighted by Gasteiger charge is -2.37. The van der Waals surface area contributed by atoms with E-state index in [4.69, 9.17) is 26.8 Å². The van der Waals surface area contributed by atoms with E-state index in [1.165, 1.54) is 7.11 Å². The number of hydrogen-bond donors (Lipinski definition) is 2. The highest BCUT2D eigenvalue weighted by Gasteiger charge is 2.25. The van der Waals surface area contributed by atoms with Crippen LogP contribution in [0.4, 0.5) is 5.69 Å². The van der Waals surface area contributed by atoms with Crippen LogP contribution in [-0.2, 0) is 4.74 Å². The predicted octanol–water partition coefficient (Wildman–Crippen LogP) is 2.02. The summed E-state index contributed by atoms with van der Waals surface area (Å²) < 4.78 is 10.7. The van der Waals surface area contributed by atoms with Crippen molar-refractivity contribution in [2.75, 3.05) is 45.7 Å². The Balaban J connectivity index is 2.06. The van der Waals surface area contributed by atoms with E-state index in [1.807, 2.05) is 0 Å². The molecule has 1 aromatic carbocycles. The van der Waals surface area contributed by atoms with Gasteiger partial charge in [-0.1, -0.05) is 25.4 Å². The molecule has 1 amide bonds. The Kier molecular flexibility index (Phi) is 6.71. The second-order valence-electron chi connectivity index (χ2n) is 6.24. The van der Waals surface area contributed by atoms with Crippen LogP contribution in [-0.4, -0.2) is 56.8 Å². The summed E-state index contributed by atoms with van der Waals surface area (Å²) in [5.74, 6) is 0.620. The van der Waals surface area contributed by atoms with Crippen LogP contribution in [0.5, 0.6) is 5.75 Å². The molecule has 1 heterocycles. The third kappa shape index (κ3) is 4.53. The molecule has 7 heteroatoms. The van der Waals surface area contributed by atoms with Crippen molar-refractivity contribution >= 4 is 23.2 Å². The number of carbonyl (C=O) groups is 1. The Hall–Kier alpha value is -1.50. The fraction of sp³-hybridized carbons (Fsp3) is 0.588. The predicted molar refractivity (Wildman–Crippen MR) is 95.8 cm³/mol. The van der Waals surface area contributed by atoms with Crippen LogP contribution in [0.2, 0.25) is 5.02 Å². The van der Waals surface area contributed by atoms with Gasteiger partial charge in [0.1, 0.15) is 5.75 Å². The fourth-order valence-corrected chi connectivity index (χ4v) is 3.07. The van der Waals surface area contributed by atoms with Gasteiger partial charge in [0.05, 0.1) is 36.6 Å². The van der Waals surface area contributed by atoms with Crippen LogP contribution in [0.25, 0.3) is 0 Å². The average molecular weight is 356 g/mol. The summed E-state index contributed by atoms with van der Waals surface area (Å²) in [6, 6.07) is 3.37. The molecule has 1 atom stereocenters. The number of nitrogen functional groups attached to an aromatic ring is 1. The van der Waals surface area contributed by atoms with E-state index < -0.39 is 0 Å². The largest absolute Gasteiger partial charge is 0.496 e. The molecule has 0 saturated carbocycles. The first-order chi connectivity index (χ1) is 11.4. The monoisotopic (exact) mass is 355 g/mol. The zero-order valence-corrected chi connectivity index (χ0v) is 15.2. The summed E-state index contributed by atoms with van der Waals surface area (Å²) in [5, 5.41) is 3.34. The SMILES string of the molecule is COc1cc(N)c(Cl)cc1C(=O)NCC(C(C)C)N1CCOCC1. The lowest BCUT2D eigenvalue weighted by atomic mass is 10.0. The van der Waals surface area contributed by atoms with Crippen LogP contribution in [0, 0.1) is 5.92 Å². The summed E-state index contributed by atoms with van der Waals surface area (Å²) >= 11 is 6.04. The molecule has 134 valence electrons. The number of ether oxygens (including phenoxy) is 2. The van der Waals surface area contributed by atoms with Crippen LogP contribution >= 0.6 is 11.6 Å². The van der Waals surface area contributed by atoms with E-state index in [-0.39, 0.29) is 11.9 Å². The van der Waals surface area contributed by atoms with Gasteiger partial charge >= 0.3 is 0 Å². The Morgan fingerprint density at radius 2 is 2.08 bits per heavy atom. The lowest BCUT2D eigenvalue weighted by molar-refractivity contribution is 0.00672. The molecular weight excluding hydrogens is 330 g/mol. The molecule has 0 radical (unpaired) electrons. The first kappa shape index (κ1) is 18.8. The zero-order chi connectivity index (χ0) is 17.7. The highest BCUT2D eigenvalue weighted by molar-refractivity contribution is 6.33. The van der Waals surface area contributed by atoms with Crippen LogP contribution < -0.4 is 15.8 Å². The summed E-state index contributed by atoms with van der Waals surface area (Å²) in [6.45, 7) is 8.12. The molecule has 1 aromatic rings. The van der Waals surface area contributed by atoms with Crippen molar-refractivity contribution in [3.8, 4) is 5.75 Å². The van der Waals surface area contributed by atoms with Crippen molar-refractivity contribution < 1.29 is 14.3 Å². The maximum Gasteiger partial charge on any atom is 0.255 e. The maximum absolute atomic E-state index is 12.6. The van der Waals surface area contributed by atoms with Crippen molar-refractivity contribution in [1.82, 2.24) is 10.2 Å². The minimum atomic E-state index is -0.215. The Morgan fingerprint density at radius 3 is 2.67 bits per heavy atom. The van der Waals surface area contributed by atoms with Crippen LogP contribution in [0.15, 0.2) is 12.1 Å². The van der Waals surface area contributed by atoms with Crippen LogP contribution in [0.3, 0.4) is 0 Å². The third-order valence-electron chi connectivity index (χ3n) is 4.32. The van der Waals surface area contributed by atoms with Gasteiger partial charge in [-0.3, -0.25) is 9.69 Å². The molecule has 0 aliphatic carbocycles. The minimum absolute atomic E-state index is 0.215. The number of hydrogen-bond acceptors (Lipinski definition) is 5. The number of amides is 1. The molecular formula is C17H26ClN3O3. The van der Waals surface area contributed by atoms with Gasteiger partial charge in [-0.25, -0.2) is 0 Å². The highest BCUT2D eigenvalue weighted by Crippen LogP contribution is 2.28. The Morgan fingerprint density at radius 1 is 1.42 bits per heavy atom. The number of anilines is 1. The van der Waals surface area contributed by atoms with Gasteiger partial charge in [-0.15, -0.1) is 0 Å². The van der Waals surface area contributed by atoms with Crippen LogP contribution in [0.1, 0.15) is 24.2 Å². The number of methoxy groups -OCH3 is 1. The van der Waals surface area contributed by atoms with Gasteiger partial charge in [0.15, 0.2) is 0 Å². The molecule has 1 fully saturated rings. The Labute approximate surface area is 148 Å². The number of nitrogens with zero attached hydrogens (tertiary/aromatic N) is 1. The molecule has 1 saturated heterocycles. The standard InChI is InChI=1S/C17H26ClN3O3/c1-11(2)15(21-4-6-24-7-5-21)10-20-17(22)12-8-13(18)14(19)9-16(12)23-3/h8-9,11,15H,4-7,10,19H2,1-3H3,(H,20,22). The molecule has 0 spiro atoms. The second kappa shape index (κ2) is 8.55. The molecule has 6 nitrogen and oxygen atoms in total. The minimum Gasteiger partial charge on any atom is -0.496 e. The molecule has 0 aromatic heterocycles. The number of halogens is 1.